The van der Waals surface area contributed by atoms with Crippen LogP contribution >= 0.6 is 0 Å². The Morgan fingerprint density at radius 3 is 1.73 bits per heavy atom. The van der Waals surface area contributed by atoms with Crippen LogP contribution in [0.3, 0.4) is 0 Å². The van der Waals surface area contributed by atoms with E-state index in [2.05, 4.69) is 4.74 Å². The van der Waals surface area contributed by atoms with E-state index in [0.29, 0.717) is 19.4 Å². The van der Waals surface area contributed by atoms with Gasteiger partial charge in [0.15, 0.2) is 12.6 Å². The average Bonchev–Trinajstić information content (AvgIpc) is 2.86. The van der Waals surface area contributed by atoms with E-state index in [-0.39, 0.29) is 270 Å². The monoisotopic (exact) mass is 1870 g/mol. The first-order valence-electron chi connectivity index (χ1n) is 12.1. The van der Waals surface area contributed by atoms with Crippen molar-refractivity contribution in [1.29, 1.82) is 0 Å². The molecule has 0 amide bonds. The molecule has 2 aliphatic rings. The van der Waals surface area contributed by atoms with Crippen molar-refractivity contribution < 1.29 is 323 Å². The Hall–Kier alpha value is 7.68. The van der Waals surface area contributed by atoms with E-state index in [0.717, 1.165) is 32.1 Å². The summed E-state index contributed by atoms with van der Waals surface area (Å²) in [5.74, 6) is -0.206. The molecule has 0 bridgehead atoms. The van der Waals surface area contributed by atoms with E-state index >= 15 is 0 Å². The van der Waals surface area contributed by atoms with Gasteiger partial charge >= 0.3 is 5.97 Å². The number of hydrogen-bond acceptors (Lipinski definition) is 13. The van der Waals surface area contributed by atoms with Gasteiger partial charge in [-0.15, -0.1) is 0 Å². The summed E-state index contributed by atoms with van der Waals surface area (Å²) in [6.45, 7) is -0.876. The Morgan fingerprint density at radius 1 is 0.707 bits per heavy atom. The molecule has 0 aliphatic carbocycles. The second-order valence-electron chi connectivity index (χ2n) is 8.91. The van der Waals surface area contributed by atoms with Gasteiger partial charge in [-0.2, -0.15) is 0 Å². The van der Waals surface area contributed by atoms with Gasteiger partial charge in [-0.1, -0.05) is 25.7 Å². The van der Waals surface area contributed by atoms with Crippen molar-refractivity contribution in [3.8, 4) is 0 Å². The second-order valence-corrected chi connectivity index (χ2v) is 8.91. The molecule has 13 nitrogen and oxygen atoms in total. The number of nitrogens with two attached hydrogens (primary N) is 1. The summed E-state index contributed by atoms with van der Waals surface area (Å²) < 4.78 is 26.9. The molecule has 2 rings (SSSR count). The van der Waals surface area contributed by atoms with Crippen molar-refractivity contribution in [2.75, 3.05) is 26.9 Å². The molecule has 0 saturated carbocycles. The number of esters is 1. The van der Waals surface area contributed by atoms with E-state index < -0.39 is 74.6 Å². The fourth-order valence-corrected chi connectivity index (χ4v) is 4.12. The number of methoxy groups -OCH3 is 1. The molecule has 10 atom stereocenters. The quantitative estimate of drug-likeness (QED) is 0.0710. The number of hydrogen-bond donors (Lipinski definition) is 7. The fourth-order valence-electron chi connectivity index (χ4n) is 4.12. The topological polar surface area (TPSA) is 211 Å². The van der Waals surface area contributed by atoms with Crippen LogP contribution in [0.1, 0.15) is 44.9 Å². The molecule has 2 saturated heterocycles. The van der Waals surface area contributed by atoms with E-state index in [4.69, 9.17) is 24.7 Å². The predicted molar refractivity (Wildman–Crippen MR) is 119 cm³/mol. The average molecular weight is 1870 g/mol. The molecule has 2 heterocycles. The van der Waals surface area contributed by atoms with Crippen LogP contribution in [0, 0.1) is 264 Å². The summed E-state index contributed by atoms with van der Waals surface area (Å²) in [4.78, 5) is 11.1. The number of rotatable bonds is 14. The zero-order valence-corrected chi connectivity index (χ0v) is 52.0. The third-order valence-corrected chi connectivity index (χ3v) is 6.32. The SMILES string of the molecule is COC(=O)CCCCCCCCO[C@H]1OC(CO)[C@H](O)C(O[C@@H]2OC(CO)[C@H](O)C(O)C2O)C1N.[Ac].[Ac].[Ac].[Ac].[Ac].[Ac]. The summed E-state index contributed by atoms with van der Waals surface area (Å²) >= 11 is 0. The van der Waals surface area contributed by atoms with Gasteiger partial charge < -0.3 is 60.1 Å². The van der Waals surface area contributed by atoms with Crippen LogP contribution in [0.4, 0.5) is 0 Å². The smallest absolute Gasteiger partial charge is 0.305 e. The number of ether oxygens (including phenoxy) is 5. The molecule has 6 unspecified atom stereocenters. The first kappa shape index (κ1) is 58.0. The minimum Gasteiger partial charge on any atom is -0.469 e. The Morgan fingerprint density at radius 2 is 1.20 bits per heavy atom. The molecule has 2 aliphatic heterocycles. The van der Waals surface area contributed by atoms with Crippen molar-refractivity contribution in [3.63, 3.8) is 0 Å². The minimum atomic E-state index is -1.67. The number of unbranched alkanes of at least 4 members (excludes halogenated alkanes) is 5. The summed E-state index contributed by atoms with van der Waals surface area (Å²) in [6, 6.07) is -1.03. The molecule has 6 radical (unpaired) electrons. The van der Waals surface area contributed by atoms with E-state index in [9.17, 15) is 35.4 Å². The summed E-state index contributed by atoms with van der Waals surface area (Å²) in [5.41, 5.74) is 6.20. The zero-order chi connectivity index (χ0) is 26.0. The maximum absolute atomic E-state index is 11.1. The van der Waals surface area contributed by atoms with Crippen LogP contribution in [-0.4, -0.2) is 125 Å². The van der Waals surface area contributed by atoms with Crippen molar-refractivity contribution in [3.05, 3.63) is 0 Å². The summed E-state index contributed by atoms with van der Waals surface area (Å²) in [7, 11) is 1.37. The Kier molecular flexibility index (Phi) is 47.4. The van der Waals surface area contributed by atoms with Crippen molar-refractivity contribution >= 4 is 5.97 Å². The maximum atomic E-state index is 11.1. The van der Waals surface area contributed by atoms with Crippen LogP contribution in [0.5, 0.6) is 0 Å². The Bertz CT molecular complexity index is 636. The number of aliphatic hydroxyl groups is 6. The van der Waals surface area contributed by atoms with Gasteiger partial charge in [0.25, 0.3) is 0 Å². The van der Waals surface area contributed by atoms with Crippen LogP contribution in [-0.2, 0) is 28.5 Å². The summed E-state index contributed by atoms with van der Waals surface area (Å²) in [5, 5.41) is 59.7. The Labute approximate surface area is 457 Å². The molecular formula is C22H41Ac6NO12. The first-order valence-corrected chi connectivity index (χ1v) is 12.1. The second kappa shape index (κ2) is 33.5. The standard InChI is InChI=1S/C22H41NO12.6Ac/c1-31-14(26)8-6-4-2-3-5-7-9-32-21-15(23)20(17(28)13(11-25)33-21)35-22-19(30)18(29)16(27)12(10-24)34-22;;;;;;/h12-13,15-22,24-25,27-30H,2-11,23H2,1H3;;;;;;/t12?,13?,15?,16-,17-,18?,19?,20?,21-,22-;;;;;;/m0....../s1. The van der Waals surface area contributed by atoms with Gasteiger partial charge in [0.05, 0.1) is 26.4 Å². The molecule has 224 valence electrons. The van der Waals surface area contributed by atoms with Gasteiger partial charge in [0, 0.05) is 277 Å². The van der Waals surface area contributed by atoms with Gasteiger partial charge in [-0.05, 0) is 12.8 Å². The van der Waals surface area contributed by atoms with E-state index in [1.54, 1.807) is 0 Å². The maximum Gasteiger partial charge on any atom is 0.305 e. The predicted octanol–water partition coefficient (Wildman–Crippen LogP) is -2.50. The van der Waals surface area contributed by atoms with Crippen LogP contribution < -0.4 is 5.73 Å². The molecule has 8 N–H and O–H groups in total. The molecule has 19 heteroatoms. The fraction of sp³-hybridized carbons (Fsp3) is 0.955. The van der Waals surface area contributed by atoms with Crippen molar-refractivity contribution in [2.24, 2.45) is 5.73 Å². The molecule has 0 aromatic rings. The number of aliphatic hydroxyl groups excluding tert-OH is 6. The third kappa shape index (κ3) is 20.5. The molecule has 0 spiro atoms. The van der Waals surface area contributed by atoms with Gasteiger partial charge in [0.2, 0.25) is 0 Å². The molecule has 0 aromatic carbocycles. The zero-order valence-electron chi connectivity index (χ0n) is 23.5. The van der Waals surface area contributed by atoms with Crippen LogP contribution in [0.2, 0.25) is 0 Å². The number of carbonyl (C=O) groups excluding carboxylic acids is 1. The third-order valence-electron chi connectivity index (χ3n) is 6.32. The normalized spacial score (nSPS) is 32.3. The number of carbonyl (C=O) groups is 1. The summed E-state index contributed by atoms with van der Waals surface area (Å²) in [6.07, 6.45) is -6.61. The molecule has 0 aromatic heterocycles. The van der Waals surface area contributed by atoms with Gasteiger partial charge in [-0.3, -0.25) is 4.79 Å². The minimum absolute atomic E-state index is 0. The largest absolute Gasteiger partial charge is 0.469 e. The van der Waals surface area contributed by atoms with E-state index in [1.165, 1.54) is 7.11 Å². The molecular weight excluding hydrogens is 1830 g/mol. The van der Waals surface area contributed by atoms with Crippen LogP contribution in [0.15, 0.2) is 0 Å². The first-order chi connectivity index (χ1) is 16.7. The Balaban J connectivity index is -0.000000720. The van der Waals surface area contributed by atoms with Crippen LogP contribution in [0.25, 0.3) is 0 Å². The molecule has 41 heavy (non-hydrogen) atoms. The van der Waals surface area contributed by atoms with Gasteiger partial charge in [0.1, 0.15) is 42.7 Å². The van der Waals surface area contributed by atoms with Crippen molar-refractivity contribution in [1.82, 2.24) is 0 Å². The molecule has 2 fully saturated rings. The van der Waals surface area contributed by atoms with E-state index in [1.807, 2.05) is 0 Å². The van der Waals surface area contributed by atoms with Gasteiger partial charge in [-0.25, -0.2) is 0 Å². The van der Waals surface area contributed by atoms with Crippen molar-refractivity contribution in [2.45, 2.75) is 106 Å².